The minimum atomic E-state index is -0.406. The second kappa shape index (κ2) is 4.19. The molecule has 0 N–H and O–H groups in total. The summed E-state index contributed by atoms with van der Waals surface area (Å²) >= 11 is 3.55. The molecule has 1 aliphatic rings. The molecule has 0 bridgehead atoms. The number of cyclic esters (lactones) is 1. The fourth-order valence-electron chi connectivity index (χ4n) is 1.49. The fourth-order valence-corrected chi connectivity index (χ4v) is 1.87. The van der Waals surface area contributed by atoms with E-state index in [4.69, 9.17) is 9.47 Å². The Labute approximate surface area is 93.3 Å². The number of esters is 1. The standard InChI is InChI=1S/C10H17BrO3/c1-6(2)13-9-7(10(3,4)11)5-8(12)14-9/h6-7,9H,5H2,1-4H3. The van der Waals surface area contributed by atoms with E-state index in [0.29, 0.717) is 6.42 Å². The zero-order valence-electron chi connectivity index (χ0n) is 9.04. The van der Waals surface area contributed by atoms with Crippen molar-refractivity contribution in [2.24, 2.45) is 5.92 Å². The molecular weight excluding hydrogens is 248 g/mol. The Bertz CT molecular complexity index is 220. The molecule has 0 saturated carbocycles. The molecule has 0 radical (unpaired) electrons. The highest BCUT2D eigenvalue weighted by Gasteiger charge is 2.44. The van der Waals surface area contributed by atoms with Crippen LogP contribution in [0.15, 0.2) is 0 Å². The van der Waals surface area contributed by atoms with Crippen molar-refractivity contribution in [3.8, 4) is 0 Å². The summed E-state index contributed by atoms with van der Waals surface area (Å²) in [6.07, 6.45) is 0.0930. The maximum atomic E-state index is 11.2. The number of alkyl halides is 1. The van der Waals surface area contributed by atoms with Gasteiger partial charge in [-0.3, -0.25) is 4.79 Å². The number of carbonyl (C=O) groups is 1. The Hall–Kier alpha value is -0.0900. The molecule has 14 heavy (non-hydrogen) atoms. The number of carbonyl (C=O) groups excluding carboxylic acids is 1. The van der Waals surface area contributed by atoms with Gasteiger partial charge < -0.3 is 9.47 Å². The highest BCUT2D eigenvalue weighted by Crippen LogP contribution is 2.38. The van der Waals surface area contributed by atoms with Gasteiger partial charge in [-0.25, -0.2) is 0 Å². The summed E-state index contributed by atoms with van der Waals surface area (Å²) in [5.41, 5.74) is 0. The Morgan fingerprint density at radius 3 is 2.57 bits per heavy atom. The van der Waals surface area contributed by atoms with Crippen LogP contribution in [0.1, 0.15) is 34.1 Å². The molecule has 1 fully saturated rings. The van der Waals surface area contributed by atoms with Crippen molar-refractivity contribution in [3.05, 3.63) is 0 Å². The Morgan fingerprint density at radius 2 is 2.14 bits per heavy atom. The quantitative estimate of drug-likeness (QED) is 0.581. The summed E-state index contributed by atoms with van der Waals surface area (Å²) < 4.78 is 10.5. The first-order valence-corrected chi connectivity index (χ1v) is 5.64. The first-order chi connectivity index (χ1) is 6.30. The van der Waals surface area contributed by atoms with E-state index < -0.39 is 6.29 Å². The molecule has 0 aliphatic carbocycles. The molecular formula is C10H17BrO3. The van der Waals surface area contributed by atoms with E-state index in [2.05, 4.69) is 15.9 Å². The molecule has 2 atom stereocenters. The van der Waals surface area contributed by atoms with Crippen molar-refractivity contribution in [1.29, 1.82) is 0 Å². The van der Waals surface area contributed by atoms with Gasteiger partial charge in [-0.05, 0) is 27.7 Å². The van der Waals surface area contributed by atoms with Crippen molar-refractivity contribution < 1.29 is 14.3 Å². The van der Waals surface area contributed by atoms with E-state index in [1.54, 1.807) is 0 Å². The van der Waals surface area contributed by atoms with Gasteiger partial charge in [-0.15, -0.1) is 0 Å². The maximum absolute atomic E-state index is 11.2. The van der Waals surface area contributed by atoms with Crippen molar-refractivity contribution in [1.82, 2.24) is 0 Å². The van der Waals surface area contributed by atoms with Crippen LogP contribution in [0.2, 0.25) is 0 Å². The Morgan fingerprint density at radius 1 is 1.57 bits per heavy atom. The number of hydrogen-bond donors (Lipinski definition) is 0. The average molecular weight is 265 g/mol. The minimum absolute atomic E-state index is 0.0725. The fraction of sp³-hybridized carbons (Fsp3) is 0.900. The van der Waals surface area contributed by atoms with E-state index >= 15 is 0 Å². The van der Waals surface area contributed by atoms with Crippen LogP contribution in [0.5, 0.6) is 0 Å². The van der Waals surface area contributed by atoms with Gasteiger partial charge in [0.25, 0.3) is 0 Å². The van der Waals surface area contributed by atoms with Gasteiger partial charge in [-0.1, -0.05) is 15.9 Å². The van der Waals surface area contributed by atoms with Gasteiger partial charge in [-0.2, -0.15) is 0 Å². The van der Waals surface area contributed by atoms with Crippen molar-refractivity contribution >= 4 is 21.9 Å². The predicted octanol–water partition coefficient (Wildman–Crippen LogP) is 2.47. The van der Waals surface area contributed by atoms with Crippen LogP contribution in [0.25, 0.3) is 0 Å². The van der Waals surface area contributed by atoms with Crippen molar-refractivity contribution in [3.63, 3.8) is 0 Å². The molecule has 1 heterocycles. The molecule has 0 aromatic carbocycles. The molecule has 1 saturated heterocycles. The monoisotopic (exact) mass is 264 g/mol. The molecule has 1 aliphatic heterocycles. The van der Waals surface area contributed by atoms with Gasteiger partial charge >= 0.3 is 5.97 Å². The lowest BCUT2D eigenvalue weighted by Gasteiger charge is -2.28. The van der Waals surface area contributed by atoms with E-state index in [-0.39, 0.29) is 22.3 Å². The third-order valence-corrected chi connectivity index (χ3v) is 2.84. The van der Waals surface area contributed by atoms with Crippen LogP contribution >= 0.6 is 15.9 Å². The summed E-state index contributed by atoms with van der Waals surface area (Å²) in [4.78, 5) is 11.2. The predicted molar refractivity (Wildman–Crippen MR) is 57.2 cm³/mol. The average Bonchev–Trinajstić information content (AvgIpc) is 2.28. The molecule has 0 spiro atoms. The molecule has 0 aromatic heterocycles. The first kappa shape index (κ1) is 12.0. The SMILES string of the molecule is CC(C)OC1OC(=O)CC1C(C)(C)Br. The second-order valence-electron chi connectivity index (χ2n) is 4.42. The lowest BCUT2D eigenvalue weighted by molar-refractivity contribution is -0.176. The zero-order valence-corrected chi connectivity index (χ0v) is 10.6. The van der Waals surface area contributed by atoms with Crippen LogP contribution in [0, 0.1) is 5.92 Å². The molecule has 0 aromatic rings. The van der Waals surface area contributed by atoms with Crippen LogP contribution in [0.3, 0.4) is 0 Å². The molecule has 1 rings (SSSR count). The lowest BCUT2D eigenvalue weighted by Crippen LogP contribution is -2.34. The van der Waals surface area contributed by atoms with Crippen LogP contribution < -0.4 is 0 Å². The van der Waals surface area contributed by atoms with Gasteiger partial charge in [0.1, 0.15) is 0 Å². The number of halogens is 1. The first-order valence-electron chi connectivity index (χ1n) is 4.84. The minimum Gasteiger partial charge on any atom is -0.435 e. The number of rotatable bonds is 3. The third kappa shape index (κ3) is 2.95. The second-order valence-corrected chi connectivity index (χ2v) is 6.46. The van der Waals surface area contributed by atoms with Gasteiger partial charge in [0.05, 0.1) is 12.5 Å². The van der Waals surface area contributed by atoms with Gasteiger partial charge in [0, 0.05) is 10.2 Å². The molecule has 2 unspecified atom stereocenters. The summed E-state index contributed by atoms with van der Waals surface area (Å²) in [5.74, 6) is -0.0921. The van der Waals surface area contributed by atoms with Gasteiger partial charge in [0.15, 0.2) is 0 Å². The van der Waals surface area contributed by atoms with E-state index in [1.807, 2.05) is 27.7 Å². The van der Waals surface area contributed by atoms with Crippen LogP contribution in [-0.4, -0.2) is 22.7 Å². The summed E-state index contributed by atoms with van der Waals surface area (Å²) in [6.45, 7) is 7.92. The van der Waals surface area contributed by atoms with Crippen LogP contribution in [0.4, 0.5) is 0 Å². The van der Waals surface area contributed by atoms with E-state index in [0.717, 1.165) is 0 Å². The van der Waals surface area contributed by atoms with E-state index in [1.165, 1.54) is 0 Å². The topological polar surface area (TPSA) is 35.5 Å². The molecule has 4 heteroatoms. The third-order valence-electron chi connectivity index (χ3n) is 2.25. The zero-order chi connectivity index (χ0) is 10.9. The highest BCUT2D eigenvalue weighted by atomic mass is 79.9. The van der Waals surface area contributed by atoms with Gasteiger partial charge in [0.2, 0.25) is 6.29 Å². The Kier molecular flexibility index (Phi) is 3.58. The smallest absolute Gasteiger partial charge is 0.308 e. The summed E-state index contributed by atoms with van der Waals surface area (Å²) in [6, 6.07) is 0. The number of ether oxygens (including phenoxy) is 2. The van der Waals surface area contributed by atoms with Crippen molar-refractivity contribution in [2.45, 2.75) is 50.8 Å². The molecule has 3 nitrogen and oxygen atoms in total. The van der Waals surface area contributed by atoms with Crippen LogP contribution in [-0.2, 0) is 14.3 Å². The lowest BCUT2D eigenvalue weighted by atomic mass is 9.93. The Balaban J connectivity index is 2.68. The molecule has 82 valence electrons. The largest absolute Gasteiger partial charge is 0.435 e. The number of hydrogen-bond acceptors (Lipinski definition) is 3. The highest BCUT2D eigenvalue weighted by molar-refractivity contribution is 9.10. The summed E-state index contributed by atoms with van der Waals surface area (Å²) in [7, 11) is 0. The maximum Gasteiger partial charge on any atom is 0.308 e. The summed E-state index contributed by atoms with van der Waals surface area (Å²) in [5, 5.41) is 0. The molecule has 0 amide bonds. The van der Waals surface area contributed by atoms with E-state index in [9.17, 15) is 4.79 Å². The normalized spacial score (nSPS) is 28.3. The van der Waals surface area contributed by atoms with Crippen molar-refractivity contribution in [2.75, 3.05) is 0 Å².